The van der Waals surface area contributed by atoms with Gasteiger partial charge in [0.15, 0.2) is 0 Å². The van der Waals surface area contributed by atoms with Gasteiger partial charge < -0.3 is 10.3 Å². The SMILES string of the molecule is c1cncc(-c2cc3ccnc(Nc4ccc5[nH]ccc5c4)c3s2)c1. The minimum absolute atomic E-state index is 0.882. The lowest BCUT2D eigenvalue weighted by molar-refractivity contribution is 1.33. The van der Waals surface area contributed by atoms with Crippen LogP contribution in [0.3, 0.4) is 0 Å². The molecule has 5 aromatic rings. The summed E-state index contributed by atoms with van der Waals surface area (Å²) < 4.78 is 1.15. The highest BCUT2D eigenvalue weighted by molar-refractivity contribution is 7.22. The molecule has 1 aromatic carbocycles. The van der Waals surface area contributed by atoms with E-state index in [1.54, 1.807) is 17.5 Å². The number of benzene rings is 1. The molecule has 4 heterocycles. The van der Waals surface area contributed by atoms with Crippen LogP contribution in [-0.2, 0) is 0 Å². The van der Waals surface area contributed by atoms with Crippen molar-refractivity contribution in [2.45, 2.75) is 0 Å². The maximum absolute atomic E-state index is 4.55. The van der Waals surface area contributed by atoms with E-state index >= 15 is 0 Å². The van der Waals surface area contributed by atoms with E-state index in [4.69, 9.17) is 0 Å². The highest BCUT2D eigenvalue weighted by Gasteiger charge is 2.10. The zero-order valence-corrected chi connectivity index (χ0v) is 14.0. The molecule has 4 nitrogen and oxygen atoms in total. The first kappa shape index (κ1) is 14.2. The van der Waals surface area contributed by atoms with Crippen LogP contribution >= 0.6 is 11.3 Å². The third-order valence-corrected chi connectivity index (χ3v) is 5.40. The van der Waals surface area contributed by atoms with Gasteiger partial charge in [0.25, 0.3) is 0 Å². The summed E-state index contributed by atoms with van der Waals surface area (Å²) in [6, 6.07) is 16.6. The molecule has 0 aliphatic carbocycles. The van der Waals surface area contributed by atoms with Crippen molar-refractivity contribution in [2.75, 3.05) is 5.32 Å². The number of nitrogens with one attached hydrogen (secondary N) is 2. The molecule has 0 atom stereocenters. The average Bonchev–Trinajstić information content (AvgIpc) is 3.29. The lowest BCUT2D eigenvalue weighted by atomic mass is 10.2. The maximum atomic E-state index is 4.55. The highest BCUT2D eigenvalue weighted by atomic mass is 32.1. The monoisotopic (exact) mass is 342 g/mol. The van der Waals surface area contributed by atoms with Gasteiger partial charge >= 0.3 is 0 Å². The van der Waals surface area contributed by atoms with Crippen molar-refractivity contribution in [1.29, 1.82) is 0 Å². The summed E-state index contributed by atoms with van der Waals surface area (Å²) in [6.07, 6.45) is 7.49. The number of aromatic amines is 1. The van der Waals surface area contributed by atoms with E-state index < -0.39 is 0 Å². The molecular formula is C20H14N4S. The first-order chi connectivity index (χ1) is 12.4. The summed E-state index contributed by atoms with van der Waals surface area (Å²) >= 11 is 1.73. The van der Waals surface area contributed by atoms with Crippen molar-refractivity contribution in [1.82, 2.24) is 15.0 Å². The Hall–Kier alpha value is -3.18. The van der Waals surface area contributed by atoms with Gasteiger partial charge in [0.2, 0.25) is 0 Å². The molecule has 0 radical (unpaired) electrons. The number of aromatic nitrogens is 3. The molecule has 25 heavy (non-hydrogen) atoms. The van der Waals surface area contributed by atoms with Gasteiger partial charge in [-0.25, -0.2) is 4.98 Å². The van der Waals surface area contributed by atoms with Crippen LogP contribution in [0.2, 0.25) is 0 Å². The molecule has 0 spiro atoms. The molecular weight excluding hydrogens is 328 g/mol. The summed E-state index contributed by atoms with van der Waals surface area (Å²) in [6.45, 7) is 0. The van der Waals surface area contributed by atoms with Crippen LogP contribution in [0.4, 0.5) is 11.5 Å². The van der Waals surface area contributed by atoms with Gasteiger partial charge in [-0.05, 0) is 47.9 Å². The van der Waals surface area contributed by atoms with Gasteiger partial charge in [0.1, 0.15) is 5.82 Å². The van der Waals surface area contributed by atoms with Crippen molar-refractivity contribution in [3.8, 4) is 10.4 Å². The molecule has 5 rings (SSSR count). The molecule has 0 saturated carbocycles. The molecule has 0 saturated heterocycles. The van der Waals surface area contributed by atoms with Gasteiger partial charge in [-0.15, -0.1) is 11.3 Å². The summed E-state index contributed by atoms with van der Waals surface area (Å²) in [4.78, 5) is 13.2. The van der Waals surface area contributed by atoms with Crippen molar-refractivity contribution in [3.63, 3.8) is 0 Å². The van der Waals surface area contributed by atoms with Crippen LogP contribution in [0.15, 0.2) is 73.3 Å². The fourth-order valence-electron chi connectivity index (χ4n) is 2.97. The van der Waals surface area contributed by atoms with E-state index in [0.717, 1.165) is 27.3 Å². The zero-order chi connectivity index (χ0) is 16.6. The number of hydrogen-bond donors (Lipinski definition) is 2. The van der Waals surface area contributed by atoms with E-state index in [-0.39, 0.29) is 0 Å². The molecule has 0 aliphatic heterocycles. The van der Waals surface area contributed by atoms with Gasteiger partial charge in [-0.3, -0.25) is 4.98 Å². The summed E-state index contributed by atoms with van der Waals surface area (Å²) in [5, 5.41) is 5.83. The minimum Gasteiger partial charge on any atom is -0.361 e. The third kappa shape index (κ3) is 2.55. The Morgan fingerprint density at radius 3 is 2.88 bits per heavy atom. The Balaban J connectivity index is 1.57. The molecule has 0 unspecified atom stereocenters. The fourth-order valence-corrected chi connectivity index (χ4v) is 4.06. The Morgan fingerprint density at radius 2 is 1.96 bits per heavy atom. The van der Waals surface area contributed by atoms with E-state index in [2.05, 4.69) is 56.7 Å². The van der Waals surface area contributed by atoms with Gasteiger partial charge in [0.05, 0.1) is 4.70 Å². The first-order valence-corrected chi connectivity index (χ1v) is 8.82. The van der Waals surface area contributed by atoms with Gasteiger partial charge in [-0.1, -0.05) is 6.07 Å². The first-order valence-electron chi connectivity index (χ1n) is 8.00. The lowest BCUT2D eigenvalue weighted by Crippen LogP contribution is -1.92. The maximum Gasteiger partial charge on any atom is 0.148 e. The number of fused-ring (bicyclic) bond motifs is 2. The zero-order valence-electron chi connectivity index (χ0n) is 13.2. The van der Waals surface area contributed by atoms with Crippen molar-refractivity contribution in [2.24, 2.45) is 0 Å². The van der Waals surface area contributed by atoms with Crippen LogP contribution in [0.1, 0.15) is 0 Å². The van der Waals surface area contributed by atoms with E-state index in [9.17, 15) is 0 Å². The summed E-state index contributed by atoms with van der Waals surface area (Å²) in [7, 11) is 0. The standard InChI is InChI=1S/C20H14N4S/c1-2-15(12-21-7-1)18-11-14-6-9-23-20(19(14)25-18)24-16-3-4-17-13(10-16)5-8-22-17/h1-12,22H,(H,23,24). The molecule has 0 fully saturated rings. The fraction of sp³-hybridized carbons (Fsp3) is 0. The van der Waals surface area contributed by atoms with Crippen LogP contribution in [-0.4, -0.2) is 15.0 Å². The van der Waals surface area contributed by atoms with Crippen LogP contribution in [0.25, 0.3) is 31.4 Å². The molecule has 2 N–H and O–H groups in total. The normalized spacial score (nSPS) is 11.2. The number of anilines is 2. The second-order valence-corrected chi connectivity index (χ2v) is 6.89. The second-order valence-electron chi connectivity index (χ2n) is 5.83. The highest BCUT2D eigenvalue weighted by Crippen LogP contribution is 2.37. The van der Waals surface area contributed by atoms with Crippen molar-refractivity contribution < 1.29 is 0 Å². The van der Waals surface area contributed by atoms with Gasteiger partial charge in [0, 0.05) is 51.8 Å². The number of rotatable bonds is 3. The summed E-state index contributed by atoms with van der Waals surface area (Å²) in [5.41, 5.74) is 3.29. The van der Waals surface area contributed by atoms with E-state index in [1.165, 1.54) is 15.6 Å². The lowest BCUT2D eigenvalue weighted by Gasteiger charge is -2.06. The predicted molar refractivity (Wildman–Crippen MR) is 104 cm³/mol. The minimum atomic E-state index is 0.882. The average molecular weight is 342 g/mol. The predicted octanol–water partition coefficient (Wildman–Crippen LogP) is 5.58. The topological polar surface area (TPSA) is 53.6 Å². The van der Waals surface area contributed by atoms with Gasteiger partial charge in [-0.2, -0.15) is 0 Å². The molecule has 0 amide bonds. The molecule has 5 heteroatoms. The number of H-pyrrole nitrogens is 1. The Labute approximate surface area is 148 Å². The smallest absolute Gasteiger partial charge is 0.148 e. The third-order valence-electron chi connectivity index (χ3n) is 4.20. The summed E-state index contributed by atoms with van der Waals surface area (Å²) in [5.74, 6) is 0.882. The number of hydrogen-bond acceptors (Lipinski definition) is 4. The number of pyridine rings is 2. The molecule has 120 valence electrons. The Kier molecular flexibility index (Phi) is 3.24. The van der Waals surface area contributed by atoms with Crippen LogP contribution < -0.4 is 5.32 Å². The molecule has 0 aliphatic rings. The van der Waals surface area contributed by atoms with Crippen LogP contribution in [0, 0.1) is 0 Å². The number of thiophene rings is 1. The quantitative estimate of drug-likeness (QED) is 0.450. The van der Waals surface area contributed by atoms with Crippen LogP contribution in [0.5, 0.6) is 0 Å². The Morgan fingerprint density at radius 1 is 0.960 bits per heavy atom. The van der Waals surface area contributed by atoms with E-state index in [1.807, 2.05) is 30.7 Å². The second kappa shape index (κ2) is 5.72. The van der Waals surface area contributed by atoms with Crippen molar-refractivity contribution in [3.05, 3.63) is 73.3 Å². The molecule has 4 aromatic heterocycles. The largest absolute Gasteiger partial charge is 0.361 e. The van der Waals surface area contributed by atoms with Crippen molar-refractivity contribution >= 4 is 43.8 Å². The molecule has 0 bridgehead atoms. The van der Waals surface area contributed by atoms with E-state index in [0.29, 0.717) is 0 Å². The Bertz CT molecular complexity index is 1170. The number of nitrogens with zero attached hydrogens (tertiary/aromatic N) is 2.